The van der Waals surface area contributed by atoms with E-state index in [1.807, 2.05) is 27.7 Å². The number of carbonyl (C=O) groups is 1. The summed E-state index contributed by atoms with van der Waals surface area (Å²) in [6, 6.07) is -0.104. The van der Waals surface area contributed by atoms with Crippen molar-refractivity contribution >= 4 is 5.91 Å². The summed E-state index contributed by atoms with van der Waals surface area (Å²) in [5.74, 6) is 2.38. The lowest BCUT2D eigenvalue weighted by molar-refractivity contribution is -0.124. The summed E-state index contributed by atoms with van der Waals surface area (Å²) in [6.07, 6.45) is 7.34. The van der Waals surface area contributed by atoms with Crippen LogP contribution in [0.5, 0.6) is 0 Å². The first kappa shape index (κ1) is 13.6. The Bertz CT molecular complexity index is 343. The van der Waals surface area contributed by atoms with E-state index in [2.05, 4.69) is 22.8 Å². The minimum atomic E-state index is -0.151. The fourth-order valence-electron chi connectivity index (χ4n) is 3.03. The van der Waals surface area contributed by atoms with Gasteiger partial charge in [-0.3, -0.25) is 4.79 Å². The number of hydrogen-bond donors (Lipinski definition) is 2. The summed E-state index contributed by atoms with van der Waals surface area (Å²) < 4.78 is 0. The van der Waals surface area contributed by atoms with Gasteiger partial charge < -0.3 is 10.6 Å². The van der Waals surface area contributed by atoms with Crippen LogP contribution < -0.4 is 10.6 Å². The first-order valence-corrected chi connectivity index (χ1v) is 7.09. The van der Waals surface area contributed by atoms with Crippen LogP contribution in [0.3, 0.4) is 0 Å². The molecule has 0 saturated heterocycles. The average molecular weight is 250 g/mol. The van der Waals surface area contributed by atoms with Crippen molar-refractivity contribution in [1.29, 1.82) is 0 Å². The van der Waals surface area contributed by atoms with Crippen molar-refractivity contribution in [1.82, 2.24) is 10.6 Å². The molecule has 4 unspecified atom stereocenters. The van der Waals surface area contributed by atoms with E-state index in [9.17, 15) is 4.79 Å². The van der Waals surface area contributed by atoms with Crippen molar-refractivity contribution in [2.75, 3.05) is 6.54 Å². The van der Waals surface area contributed by atoms with Crippen LogP contribution in [0.25, 0.3) is 0 Å². The lowest BCUT2D eigenvalue weighted by Gasteiger charge is -2.25. The smallest absolute Gasteiger partial charge is 0.237 e. The Kier molecular flexibility index (Phi) is 3.81. The van der Waals surface area contributed by atoms with Crippen molar-refractivity contribution in [3.8, 4) is 0 Å². The lowest BCUT2D eigenvalue weighted by Crippen LogP contribution is -2.50. The quantitative estimate of drug-likeness (QED) is 0.750. The number of rotatable bonds is 4. The van der Waals surface area contributed by atoms with Gasteiger partial charge in [0.1, 0.15) is 0 Å². The molecule has 2 bridgehead atoms. The second kappa shape index (κ2) is 5.04. The Morgan fingerprint density at radius 3 is 2.56 bits per heavy atom. The first-order chi connectivity index (χ1) is 8.35. The third-order valence-electron chi connectivity index (χ3n) is 3.99. The van der Waals surface area contributed by atoms with Gasteiger partial charge in [-0.1, -0.05) is 12.2 Å². The number of allylic oxidation sites excluding steroid dienone is 2. The third kappa shape index (κ3) is 3.35. The van der Waals surface area contributed by atoms with Crippen LogP contribution >= 0.6 is 0 Å². The van der Waals surface area contributed by atoms with Gasteiger partial charge in [-0.15, -0.1) is 0 Å². The second-order valence-electron chi connectivity index (χ2n) is 6.91. The average Bonchev–Trinajstić information content (AvgIpc) is 2.84. The minimum absolute atomic E-state index is 0.0983. The van der Waals surface area contributed by atoms with Crippen LogP contribution in [0.1, 0.15) is 40.5 Å². The second-order valence-corrected chi connectivity index (χ2v) is 6.91. The van der Waals surface area contributed by atoms with E-state index in [1.54, 1.807) is 0 Å². The maximum atomic E-state index is 11.9. The summed E-state index contributed by atoms with van der Waals surface area (Å²) in [7, 11) is 0. The molecular formula is C15H26N2O. The molecule has 2 aliphatic rings. The summed E-state index contributed by atoms with van der Waals surface area (Å²) in [5.41, 5.74) is -0.151. The normalized spacial score (nSPS) is 31.7. The summed E-state index contributed by atoms with van der Waals surface area (Å²) in [6.45, 7) is 8.95. The number of fused-ring (bicyclic) bond motifs is 2. The molecule has 0 aliphatic heterocycles. The predicted molar refractivity (Wildman–Crippen MR) is 74.2 cm³/mol. The van der Waals surface area contributed by atoms with E-state index < -0.39 is 0 Å². The van der Waals surface area contributed by atoms with Crippen molar-refractivity contribution in [2.24, 2.45) is 17.8 Å². The molecule has 0 spiro atoms. The van der Waals surface area contributed by atoms with E-state index in [1.165, 1.54) is 12.8 Å². The predicted octanol–water partition coefficient (Wildman–Crippen LogP) is 2.09. The van der Waals surface area contributed by atoms with Gasteiger partial charge in [0.2, 0.25) is 5.91 Å². The van der Waals surface area contributed by atoms with Crippen LogP contribution in [-0.2, 0) is 4.79 Å². The van der Waals surface area contributed by atoms with Gasteiger partial charge in [0.05, 0.1) is 6.04 Å². The maximum Gasteiger partial charge on any atom is 0.237 e. The molecule has 0 heterocycles. The summed E-state index contributed by atoms with van der Waals surface area (Å²) >= 11 is 0. The topological polar surface area (TPSA) is 41.1 Å². The highest BCUT2D eigenvalue weighted by Gasteiger charge is 2.35. The van der Waals surface area contributed by atoms with Gasteiger partial charge in [0.25, 0.3) is 0 Å². The molecule has 2 rings (SSSR count). The summed E-state index contributed by atoms with van der Waals surface area (Å²) in [4.78, 5) is 11.9. The highest BCUT2D eigenvalue weighted by molar-refractivity contribution is 5.81. The van der Waals surface area contributed by atoms with E-state index in [-0.39, 0.29) is 17.5 Å². The minimum Gasteiger partial charge on any atom is -0.350 e. The van der Waals surface area contributed by atoms with E-state index in [4.69, 9.17) is 0 Å². The molecule has 0 aromatic heterocycles. The highest BCUT2D eigenvalue weighted by Crippen LogP contribution is 2.42. The Labute approximate surface area is 110 Å². The van der Waals surface area contributed by atoms with Crippen molar-refractivity contribution in [2.45, 2.75) is 52.1 Å². The molecule has 3 nitrogen and oxygen atoms in total. The van der Waals surface area contributed by atoms with Crippen LogP contribution in [0.15, 0.2) is 12.2 Å². The van der Waals surface area contributed by atoms with E-state index >= 15 is 0 Å². The zero-order valence-corrected chi connectivity index (χ0v) is 12.0. The standard InChI is InChI=1S/C15H26N2O/c1-10(14(18)17-15(2,3)4)16-9-13-8-11-5-6-12(13)7-11/h5-6,10-13,16H,7-9H2,1-4H3,(H,17,18). The number of amides is 1. The first-order valence-electron chi connectivity index (χ1n) is 7.09. The Morgan fingerprint density at radius 2 is 2.06 bits per heavy atom. The van der Waals surface area contributed by atoms with Gasteiger partial charge in [-0.2, -0.15) is 0 Å². The van der Waals surface area contributed by atoms with Crippen molar-refractivity contribution < 1.29 is 4.79 Å². The zero-order chi connectivity index (χ0) is 13.3. The van der Waals surface area contributed by atoms with Gasteiger partial charge in [-0.05, 0) is 64.8 Å². The van der Waals surface area contributed by atoms with Gasteiger partial charge >= 0.3 is 0 Å². The SMILES string of the molecule is CC(NCC1CC2C=CC1C2)C(=O)NC(C)(C)C. The lowest BCUT2D eigenvalue weighted by atomic mass is 9.93. The van der Waals surface area contributed by atoms with E-state index in [0.29, 0.717) is 0 Å². The van der Waals surface area contributed by atoms with Crippen LogP contribution in [-0.4, -0.2) is 24.0 Å². The molecule has 1 fully saturated rings. The largest absolute Gasteiger partial charge is 0.350 e. The van der Waals surface area contributed by atoms with Crippen LogP contribution in [0.2, 0.25) is 0 Å². The van der Waals surface area contributed by atoms with Gasteiger partial charge in [0.15, 0.2) is 0 Å². The fourth-order valence-corrected chi connectivity index (χ4v) is 3.03. The highest BCUT2D eigenvalue weighted by atomic mass is 16.2. The third-order valence-corrected chi connectivity index (χ3v) is 3.99. The molecule has 0 radical (unpaired) electrons. The molecule has 102 valence electrons. The summed E-state index contributed by atoms with van der Waals surface area (Å²) in [5, 5.41) is 6.40. The molecule has 2 N–H and O–H groups in total. The molecule has 18 heavy (non-hydrogen) atoms. The fraction of sp³-hybridized carbons (Fsp3) is 0.800. The molecule has 0 aromatic rings. The molecule has 1 saturated carbocycles. The van der Waals surface area contributed by atoms with Crippen molar-refractivity contribution in [3.63, 3.8) is 0 Å². The van der Waals surface area contributed by atoms with Gasteiger partial charge in [0, 0.05) is 5.54 Å². The maximum absolute atomic E-state index is 11.9. The van der Waals surface area contributed by atoms with Gasteiger partial charge in [-0.25, -0.2) is 0 Å². The Morgan fingerprint density at radius 1 is 1.33 bits per heavy atom. The molecular weight excluding hydrogens is 224 g/mol. The molecule has 0 aromatic carbocycles. The monoisotopic (exact) mass is 250 g/mol. The zero-order valence-electron chi connectivity index (χ0n) is 12.0. The number of carbonyl (C=O) groups excluding carboxylic acids is 1. The number of hydrogen-bond acceptors (Lipinski definition) is 2. The Hall–Kier alpha value is -0.830. The Balaban J connectivity index is 1.73. The molecule has 2 aliphatic carbocycles. The molecule has 1 amide bonds. The number of nitrogens with one attached hydrogen (secondary N) is 2. The van der Waals surface area contributed by atoms with Crippen LogP contribution in [0.4, 0.5) is 0 Å². The molecule has 4 atom stereocenters. The van der Waals surface area contributed by atoms with E-state index in [0.717, 1.165) is 24.3 Å². The van der Waals surface area contributed by atoms with Crippen molar-refractivity contribution in [3.05, 3.63) is 12.2 Å². The van der Waals surface area contributed by atoms with Crippen LogP contribution in [0, 0.1) is 17.8 Å². The molecule has 3 heteroatoms.